The van der Waals surface area contributed by atoms with Gasteiger partial charge in [0.15, 0.2) is 5.78 Å². The predicted molar refractivity (Wildman–Crippen MR) is 115 cm³/mol. The summed E-state index contributed by atoms with van der Waals surface area (Å²) in [5, 5.41) is 1.27. The molecule has 0 aliphatic heterocycles. The number of nitrogens with one attached hydrogen (secondary N) is 1. The molecule has 4 heteroatoms. The van der Waals surface area contributed by atoms with Gasteiger partial charge in [0.25, 0.3) is 5.56 Å². The SMILES string of the molecule is O=C(/C=C\c1ccccc1)c1c(-c2ccccc2)c2cc(Cl)ccc2[nH]c1=O. The first-order chi connectivity index (χ1) is 13.6. The van der Waals surface area contributed by atoms with Crippen molar-refractivity contribution in [1.82, 2.24) is 4.98 Å². The molecule has 0 radical (unpaired) electrons. The van der Waals surface area contributed by atoms with Crippen molar-refractivity contribution in [3.63, 3.8) is 0 Å². The molecule has 0 atom stereocenters. The van der Waals surface area contributed by atoms with Crippen molar-refractivity contribution in [2.24, 2.45) is 0 Å². The number of hydrogen-bond acceptors (Lipinski definition) is 2. The van der Waals surface area contributed by atoms with Crippen LogP contribution < -0.4 is 5.56 Å². The van der Waals surface area contributed by atoms with Crippen molar-refractivity contribution in [2.75, 3.05) is 0 Å². The molecular formula is C24H16ClNO2. The highest BCUT2D eigenvalue weighted by molar-refractivity contribution is 6.31. The number of carbonyl (C=O) groups excluding carboxylic acids is 1. The number of ketones is 1. The number of allylic oxidation sites excluding steroid dienone is 1. The summed E-state index contributed by atoms with van der Waals surface area (Å²) < 4.78 is 0. The van der Waals surface area contributed by atoms with Gasteiger partial charge in [-0.2, -0.15) is 0 Å². The van der Waals surface area contributed by atoms with Crippen molar-refractivity contribution in [2.45, 2.75) is 0 Å². The Morgan fingerprint density at radius 1 is 0.893 bits per heavy atom. The van der Waals surface area contributed by atoms with Crippen LogP contribution in [0, 0.1) is 0 Å². The molecule has 0 spiro atoms. The van der Waals surface area contributed by atoms with Crippen LogP contribution >= 0.6 is 11.6 Å². The molecule has 4 rings (SSSR count). The second-order valence-corrected chi connectivity index (χ2v) is 6.80. The molecule has 136 valence electrons. The highest BCUT2D eigenvalue weighted by atomic mass is 35.5. The first-order valence-corrected chi connectivity index (χ1v) is 9.20. The van der Waals surface area contributed by atoms with Gasteiger partial charge in [0.1, 0.15) is 0 Å². The van der Waals surface area contributed by atoms with E-state index < -0.39 is 5.56 Å². The Morgan fingerprint density at radius 2 is 1.57 bits per heavy atom. The van der Waals surface area contributed by atoms with E-state index in [0.717, 1.165) is 16.5 Å². The molecule has 0 saturated carbocycles. The first kappa shape index (κ1) is 18.0. The van der Waals surface area contributed by atoms with Gasteiger partial charge in [0.05, 0.1) is 5.56 Å². The first-order valence-electron chi connectivity index (χ1n) is 8.82. The lowest BCUT2D eigenvalue weighted by molar-refractivity contribution is 0.104. The summed E-state index contributed by atoms with van der Waals surface area (Å²) in [4.78, 5) is 28.6. The van der Waals surface area contributed by atoms with E-state index in [2.05, 4.69) is 4.98 Å². The Balaban J connectivity index is 1.95. The Bertz CT molecular complexity index is 1240. The Morgan fingerprint density at radius 3 is 2.29 bits per heavy atom. The summed E-state index contributed by atoms with van der Waals surface area (Å²) in [5.74, 6) is -0.356. The van der Waals surface area contributed by atoms with Crippen molar-refractivity contribution in [3.05, 3.63) is 111 Å². The third-order valence-corrected chi connectivity index (χ3v) is 4.75. The van der Waals surface area contributed by atoms with Crippen LogP contribution in [0.2, 0.25) is 5.02 Å². The second kappa shape index (κ2) is 7.67. The van der Waals surface area contributed by atoms with Crippen LogP contribution in [0.15, 0.2) is 89.7 Å². The zero-order valence-electron chi connectivity index (χ0n) is 14.9. The lowest BCUT2D eigenvalue weighted by Gasteiger charge is -2.11. The quantitative estimate of drug-likeness (QED) is 0.359. The smallest absolute Gasteiger partial charge is 0.260 e. The average molecular weight is 386 g/mol. The predicted octanol–water partition coefficient (Wildman–Crippen LogP) is 5.74. The average Bonchev–Trinajstić information content (AvgIpc) is 2.73. The topological polar surface area (TPSA) is 49.9 Å². The van der Waals surface area contributed by atoms with E-state index in [1.165, 1.54) is 6.08 Å². The number of pyridine rings is 1. The largest absolute Gasteiger partial charge is 0.321 e. The van der Waals surface area contributed by atoms with E-state index in [9.17, 15) is 9.59 Å². The van der Waals surface area contributed by atoms with Gasteiger partial charge in [0.2, 0.25) is 0 Å². The molecule has 0 aliphatic carbocycles. The van der Waals surface area contributed by atoms with Gasteiger partial charge in [-0.3, -0.25) is 9.59 Å². The van der Waals surface area contributed by atoms with Gasteiger partial charge in [0, 0.05) is 21.5 Å². The summed E-state index contributed by atoms with van der Waals surface area (Å²) >= 11 is 6.20. The van der Waals surface area contributed by atoms with Crippen LogP contribution in [0.25, 0.3) is 28.1 Å². The number of halogens is 1. The van der Waals surface area contributed by atoms with Crippen LogP contribution in [-0.4, -0.2) is 10.8 Å². The number of hydrogen-bond donors (Lipinski definition) is 1. The van der Waals surface area contributed by atoms with Gasteiger partial charge >= 0.3 is 0 Å². The fourth-order valence-electron chi connectivity index (χ4n) is 3.22. The monoisotopic (exact) mass is 385 g/mol. The minimum absolute atomic E-state index is 0.105. The number of aromatic amines is 1. The van der Waals surface area contributed by atoms with E-state index in [1.807, 2.05) is 60.7 Å². The molecule has 1 heterocycles. The number of fused-ring (bicyclic) bond motifs is 1. The normalized spacial score (nSPS) is 11.2. The molecule has 28 heavy (non-hydrogen) atoms. The minimum Gasteiger partial charge on any atom is -0.321 e. The highest BCUT2D eigenvalue weighted by Crippen LogP contribution is 2.31. The van der Waals surface area contributed by atoms with Gasteiger partial charge < -0.3 is 4.98 Å². The number of carbonyl (C=O) groups is 1. The van der Waals surface area contributed by atoms with E-state index in [-0.39, 0.29) is 11.3 Å². The van der Waals surface area contributed by atoms with Crippen LogP contribution in [0.5, 0.6) is 0 Å². The number of aromatic nitrogens is 1. The molecule has 0 unspecified atom stereocenters. The zero-order valence-corrected chi connectivity index (χ0v) is 15.6. The van der Waals surface area contributed by atoms with Crippen LogP contribution in [0.3, 0.4) is 0 Å². The zero-order chi connectivity index (χ0) is 19.5. The second-order valence-electron chi connectivity index (χ2n) is 6.37. The molecule has 3 nitrogen and oxygen atoms in total. The maximum atomic E-state index is 13.0. The molecule has 0 bridgehead atoms. The van der Waals surface area contributed by atoms with Crippen molar-refractivity contribution >= 4 is 34.4 Å². The standard InChI is InChI=1S/C24H16ClNO2/c25-18-12-13-20-19(15-18)22(17-9-5-2-6-10-17)23(24(28)26-20)21(27)14-11-16-7-3-1-4-8-16/h1-15H,(H,26,28)/b14-11-. The third kappa shape index (κ3) is 3.53. The van der Waals surface area contributed by atoms with Crippen LogP contribution in [0.4, 0.5) is 0 Å². The van der Waals surface area contributed by atoms with E-state index >= 15 is 0 Å². The van der Waals surface area contributed by atoms with Crippen LogP contribution in [-0.2, 0) is 0 Å². The fourth-order valence-corrected chi connectivity index (χ4v) is 3.40. The number of benzene rings is 3. The van der Waals surface area contributed by atoms with Gasteiger partial charge in [-0.15, -0.1) is 0 Å². The molecule has 0 fully saturated rings. The Kier molecular flexibility index (Phi) is 4.92. The van der Waals surface area contributed by atoms with Gasteiger partial charge in [-0.05, 0) is 35.4 Å². The maximum absolute atomic E-state index is 13.0. The van der Waals surface area contributed by atoms with Crippen molar-refractivity contribution in [1.29, 1.82) is 0 Å². The molecule has 3 aromatic carbocycles. The highest BCUT2D eigenvalue weighted by Gasteiger charge is 2.19. The van der Waals surface area contributed by atoms with Gasteiger partial charge in [-0.1, -0.05) is 78.3 Å². The Labute approximate surface area is 166 Å². The fraction of sp³-hybridized carbons (Fsp3) is 0. The summed E-state index contributed by atoms with van der Waals surface area (Å²) in [7, 11) is 0. The van der Waals surface area contributed by atoms with Crippen molar-refractivity contribution < 1.29 is 4.79 Å². The molecule has 1 aromatic heterocycles. The molecule has 0 amide bonds. The number of H-pyrrole nitrogens is 1. The Hall–Kier alpha value is -3.43. The number of rotatable bonds is 4. The summed E-state index contributed by atoms with van der Waals surface area (Å²) in [6, 6.07) is 24.1. The third-order valence-electron chi connectivity index (χ3n) is 4.51. The van der Waals surface area contributed by atoms with E-state index in [0.29, 0.717) is 16.1 Å². The molecule has 0 aliphatic rings. The summed E-state index contributed by atoms with van der Waals surface area (Å²) in [5.41, 5.74) is 2.58. The molecular weight excluding hydrogens is 370 g/mol. The summed E-state index contributed by atoms with van der Waals surface area (Å²) in [6.45, 7) is 0. The minimum atomic E-state index is -0.420. The lowest BCUT2D eigenvalue weighted by Crippen LogP contribution is -2.18. The lowest BCUT2D eigenvalue weighted by atomic mass is 9.94. The maximum Gasteiger partial charge on any atom is 0.260 e. The van der Waals surface area contributed by atoms with Crippen molar-refractivity contribution in [3.8, 4) is 11.1 Å². The van der Waals surface area contributed by atoms with E-state index in [4.69, 9.17) is 11.6 Å². The summed E-state index contributed by atoms with van der Waals surface area (Å²) in [6.07, 6.45) is 3.14. The molecule has 0 saturated heterocycles. The molecule has 1 N–H and O–H groups in total. The van der Waals surface area contributed by atoms with Crippen LogP contribution in [0.1, 0.15) is 15.9 Å². The van der Waals surface area contributed by atoms with Gasteiger partial charge in [-0.25, -0.2) is 0 Å². The van der Waals surface area contributed by atoms with E-state index in [1.54, 1.807) is 24.3 Å². The molecule has 4 aromatic rings.